The van der Waals surface area contributed by atoms with Gasteiger partial charge in [-0.25, -0.2) is 0 Å². The topological polar surface area (TPSA) is 43.1 Å². The van der Waals surface area contributed by atoms with Gasteiger partial charge in [-0.2, -0.15) is 0 Å². The van der Waals surface area contributed by atoms with Crippen LogP contribution < -0.4 is 5.73 Å². The van der Waals surface area contributed by atoms with Crippen molar-refractivity contribution in [1.82, 2.24) is 0 Å². The summed E-state index contributed by atoms with van der Waals surface area (Å²) in [4.78, 5) is 12.7. The van der Waals surface area contributed by atoms with Gasteiger partial charge in [0.1, 0.15) is 0 Å². The van der Waals surface area contributed by atoms with Crippen LogP contribution in [0.4, 0.5) is 0 Å². The fraction of sp³-hybridized carbons (Fsp3) is 0.154. The number of hydrogen-bond acceptors (Lipinski definition) is 3. The van der Waals surface area contributed by atoms with Crippen molar-refractivity contribution in [1.29, 1.82) is 0 Å². The quantitative estimate of drug-likeness (QED) is 0.825. The van der Waals surface area contributed by atoms with E-state index in [1.165, 1.54) is 11.3 Å². The number of benzene rings is 1. The molecule has 0 amide bonds. The molecular formula is C13H13NOS. The van der Waals surface area contributed by atoms with E-state index in [9.17, 15) is 4.79 Å². The molecule has 1 aromatic heterocycles. The first-order valence-electron chi connectivity index (χ1n) is 5.09. The molecular weight excluding hydrogens is 218 g/mol. The lowest BCUT2D eigenvalue weighted by molar-refractivity contribution is 0.112. The van der Waals surface area contributed by atoms with Crippen LogP contribution in [0.25, 0.3) is 10.4 Å². The molecule has 1 aromatic carbocycles. The lowest BCUT2D eigenvalue weighted by Gasteiger charge is -2.00. The molecule has 0 aliphatic rings. The van der Waals surface area contributed by atoms with E-state index in [0.717, 1.165) is 32.7 Å². The molecule has 0 saturated heterocycles. The molecule has 2 aromatic rings. The summed E-state index contributed by atoms with van der Waals surface area (Å²) in [6.45, 7) is 2.50. The van der Waals surface area contributed by atoms with Gasteiger partial charge in [-0.05, 0) is 35.7 Å². The van der Waals surface area contributed by atoms with Gasteiger partial charge in [0, 0.05) is 11.4 Å². The first-order chi connectivity index (χ1) is 7.74. The number of rotatable bonds is 3. The smallest absolute Gasteiger partial charge is 0.160 e. The van der Waals surface area contributed by atoms with E-state index in [4.69, 9.17) is 5.73 Å². The maximum Gasteiger partial charge on any atom is 0.160 e. The van der Waals surface area contributed by atoms with E-state index >= 15 is 0 Å². The molecule has 0 unspecified atom stereocenters. The van der Waals surface area contributed by atoms with E-state index in [-0.39, 0.29) is 0 Å². The third kappa shape index (κ3) is 2.05. The molecule has 2 rings (SSSR count). The minimum Gasteiger partial charge on any atom is -0.326 e. The van der Waals surface area contributed by atoms with E-state index in [1.807, 2.05) is 31.2 Å². The highest BCUT2D eigenvalue weighted by atomic mass is 32.1. The monoisotopic (exact) mass is 231 g/mol. The summed E-state index contributed by atoms with van der Waals surface area (Å²) < 4.78 is 0. The highest BCUT2D eigenvalue weighted by molar-refractivity contribution is 7.17. The van der Waals surface area contributed by atoms with Crippen LogP contribution in [-0.4, -0.2) is 6.29 Å². The minimum atomic E-state index is 0.540. The zero-order chi connectivity index (χ0) is 11.5. The maximum absolute atomic E-state index is 10.8. The number of carbonyl (C=O) groups excluding carboxylic acids is 1. The van der Waals surface area contributed by atoms with Gasteiger partial charge in [-0.3, -0.25) is 4.79 Å². The van der Waals surface area contributed by atoms with Crippen LogP contribution >= 0.6 is 11.3 Å². The number of aldehydes is 1. The molecule has 0 radical (unpaired) electrons. The van der Waals surface area contributed by atoms with Crippen LogP contribution in [0, 0.1) is 6.92 Å². The number of hydrogen-bond donors (Lipinski definition) is 1. The summed E-state index contributed by atoms with van der Waals surface area (Å²) in [7, 11) is 0. The minimum absolute atomic E-state index is 0.540. The zero-order valence-corrected chi connectivity index (χ0v) is 9.88. The molecule has 0 fully saturated rings. The Bertz CT molecular complexity index is 516. The van der Waals surface area contributed by atoms with Gasteiger partial charge in [0.05, 0.1) is 4.88 Å². The molecule has 1 heterocycles. The van der Waals surface area contributed by atoms with Crippen molar-refractivity contribution in [2.45, 2.75) is 13.5 Å². The van der Waals surface area contributed by atoms with Crippen molar-refractivity contribution < 1.29 is 4.79 Å². The molecule has 16 heavy (non-hydrogen) atoms. The van der Waals surface area contributed by atoms with Gasteiger partial charge in [-0.15, -0.1) is 11.3 Å². The summed E-state index contributed by atoms with van der Waals surface area (Å²) in [6.07, 6.45) is 0.913. The van der Waals surface area contributed by atoms with Crippen molar-refractivity contribution in [3.8, 4) is 10.4 Å². The number of nitrogens with two attached hydrogens (primary N) is 1. The number of carbonyl (C=O) groups is 1. The highest BCUT2D eigenvalue weighted by Gasteiger charge is 2.06. The Balaban J connectivity index is 2.45. The largest absolute Gasteiger partial charge is 0.326 e. The SMILES string of the molecule is Cc1cc(-c2cccc(CN)c2)sc1C=O. The molecule has 82 valence electrons. The van der Waals surface area contributed by atoms with Crippen molar-refractivity contribution in [2.24, 2.45) is 5.73 Å². The first kappa shape index (κ1) is 11.0. The van der Waals surface area contributed by atoms with Crippen LogP contribution in [0.3, 0.4) is 0 Å². The fourth-order valence-electron chi connectivity index (χ4n) is 1.61. The summed E-state index contributed by atoms with van der Waals surface area (Å²) in [5.74, 6) is 0. The second-order valence-corrected chi connectivity index (χ2v) is 4.76. The average molecular weight is 231 g/mol. The standard InChI is InChI=1S/C13H13NOS/c1-9-5-12(16-13(9)8-15)11-4-2-3-10(6-11)7-14/h2-6,8H,7,14H2,1H3. The van der Waals surface area contributed by atoms with E-state index < -0.39 is 0 Å². The molecule has 0 bridgehead atoms. The van der Waals surface area contributed by atoms with Gasteiger partial charge in [0.2, 0.25) is 0 Å². The lowest BCUT2D eigenvalue weighted by atomic mass is 10.1. The normalized spacial score (nSPS) is 10.4. The molecule has 0 atom stereocenters. The van der Waals surface area contributed by atoms with E-state index in [1.54, 1.807) is 0 Å². The Morgan fingerprint density at radius 2 is 2.19 bits per heavy atom. The fourth-order valence-corrected chi connectivity index (χ4v) is 2.59. The highest BCUT2D eigenvalue weighted by Crippen LogP contribution is 2.30. The maximum atomic E-state index is 10.8. The predicted octanol–water partition coefficient (Wildman–Crippen LogP) is 2.99. The van der Waals surface area contributed by atoms with Gasteiger partial charge in [-0.1, -0.05) is 18.2 Å². The van der Waals surface area contributed by atoms with Crippen LogP contribution in [0.15, 0.2) is 30.3 Å². The van der Waals surface area contributed by atoms with Crippen molar-refractivity contribution in [3.05, 3.63) is 46.3 Å². The predicted molar refractivity (Wildman–Crippen MR) is 67.8 cm³/mol. The summed E-state index contributed by atoms with van der Waals surface area (Å²) in [5, 5.41) is 0. The van der Waals surface area contributed by atoms with Crippen molar-refractivity contribution >= 4 is 17.6 Å². The van der Waals surface area contributed by atoms with E-state index in [2.05, 4.69) is 6.07 Å². The van der Waals surface area contributed by atoms with Gasteiger partial charge >= 0.3 is 0 Å². The molecule has 2 nitrogen and oxygen atoms in total. The van der Waals surface area contributed by atoms with Gasteiger partial charge < -0.3 is 5.73 Å². The average Bonchev–Trinajstić information content (AvgIpc) is 2.71. The van der Waals surface area contributed by atoms with Crippen LogP contribution in [0.1, 0.15) is 20.8 Å². The summed E-state index contributed by atoms with van der Waals surface area (Å²) in [5.41, 5.74) is 8.88. The van der Waals surface area contributed by atoms with Crippen LogP contribution in [0.5, 0.6) is 0 Å². The van der Waals surface area contributed by atoms with Gasteiger partial charge in [0.15, 0.2) is 6.29 Å². The molecule has 0 spiro atoms. The molecule has 2 N–H and O–H groups in total. The molecule has 0 aliphatic heterocycles. The lowest BCUT2D eigenvalue weighted by Crippen LogP contribution is -1.95. The number of aryl methyl sites for hydroxylation is 1. The molecule has 0 aliphatic carbocycles. The summed E-state index contributed by atoms with van der Waals surface area (Å²) in [6, 6.07) is 10.2. The number of thiophene rings is 1. The van der Waals surface area contributed by atoms with Crippen LogP contribution in [0.2, 0.25) is 0 Å². The Labute approximate surface area is 98.7 Å². The van der Waals surface area contributed by atoms with Gasteiger partial charge in [0.25, 0.3) is 0 Å². The zero-order valence-electron chi connectivity index (χ0n) is 9.07. The second kappa shape index (κ2) is 4.60. The molecule has 0 saturated carbocycles. The third-order valence-electron chi connectivity index (χ3n) is 2.51. The third-order valence-corrected chi connectivity index (χ3v) is 3.72. The van der Waals surface area contributed by atoms with Crippen molar-refractivity contribution in [3.63, 3.8) is 0 Å². The summed E-state index contributed by atoms with van der Waals surface area (Å²) >= 11 is 1.52. The van der Waals surface area contributed by atoms with Crippen LogP contribution in [-0.2, 0) is 6.54 Å². The molecule has 3 heteroatoms. The second-order valence-electron chi connectivity index (χ2n) is 3.68. The van der Waals surface area contributed by atoms with Crippen molar-refractivity contribution in [2.75, 3.05) is 0 Å². The Kier molecular flexibility index (Phi) is 3.17. The Morgan fingerprint density at radius 3 is 2.81 bits per heavy atom. The Morgan fingerprint density at radius 1 is 1.38 bits per heavy atom. The van der Waals surface area contributed by atoms with E-state index in [0.29, 0.717) is 6.54 Å². The first-order valence-corrected chi connectivity index (χ1v) is 5.91. The Hall–Kier alpha value is -1.45.